The van der Waals surface area contributed by atoms with E-state index in [-0.39, 0.29) is 3.42 Å². The molecule has 0 amide bonds. The molecule has 8 heavy (non-hydrogen) atoms. The number of allylic oxidation sites excluding steroid dienone is 4. The van der Waals surface area contributed by atoms with Gasteiger partial charge in [-0.15, -0.1) is 0 Å². The Kier molecular flexibility index (Phi) is 1.75. The highest BCUT2D eigenvalue weighted by Gasteiger charge is 2.11. The Morgan fingerprint density at radius 1 is 1.38 bits per heavy atom. The molecule has 0 fully saturated rings. The summed E-state index contributed by atoms with van der Waals surface area (Å²) in [6.07, 6.45) is 9.97. The minimum Gasteiger partial charge on any atom is -0.0831 e. The topological polar surface area (TPSA) is 0 Å². The average Bonchev–Trinajstić information content (AvgIpc) is 1.65. The van der Waals surface area contributed by atoms with Crippen molar-refractivity contribution in [2.45, 2.75) is 16.8 Å². The van der Waals surface area contributed by atoms with Crippen molar-refractivity contribution in [3.8, 4) is 0 Å². The van der Waals surface area contributed by atoms with Gasteiger partial charge in [-0.2, -0.15) is 0 Å². The molecule has 0 bridgehead atoms. The zero-order valence-corrected chi connectivity index (χ0v) is 7.05. The van der Waals surface area contributed by atoms with Crippen LogP contribution in [0.3, 0.4) is 0 Å². The van der Waals surface area contributed by atoms with E-state index in [1.165, 1.54) is 0 Å². The molecule has 1 aliphatic carbocycles. The standard InChI is InChI=1S/C7H9I/c1-7(8)5-3-2-4-6-7/h3-6H,2H2,1H3. The first-order chi connectivity index (χ1) is 3.71. The molecule has 0 heterocycles. The molecule has 1 aliphatic rings. The van der Waals surface area contributed by atoms with E-state index in [1.54, 1.807) is 0 Å². The lowest BCUT2D eigenvalue weighted by molar-refractivity contribution is 1.02. The molecule has 1 rings (SSSR count). The zero-order chi connectivity index (χ0) is 6.04. The Morgan fingerprint density at radius 3 is 2.12 bits per heavy atom. The first-order valence-electron chi connectivity index (χ1n) is 2.75. The second kappa shape index (κ2) is 2.21. The SMILES string of the molecule is CC1(I)C=CCC=C1. The molecule has 0 atom stereocenters. The molecule has 0 aromatic rings. The number of hydrogen-bond acceptors (Lipinski definition) is 0. The van der Waals surface area contributed by atoms with Crippen molar-refractivity contribution in [3.63, 3.8) is 0 Å². The van der Waals surface area contributed by atoms with E-state index in [4.69, 9.17) is 0 Å². The maximum Gasteiger partial charge on any atom is 0.0552 e. The smallest absolute Gasteiger partial charge is 0.0552 e. The molecule has 0 nitrogen and oxygen atoms in total. The zero-order valence-electron chi connectivity index (χ0n) is 4.89. The van der Waals surface area contributed by atoms with E-state index < -0.39 is 0 Å². The van der Waals surface area contributed by atoms with E-state index in [2.05, 4.69) is 53.8 Å². The van der Waals surface area contributed by atoms with Gasteiger partial charge in [0.2, 0.25) is 0 Å². The van der Waals surface area contributed by atoms with Crippen LogP contribution in [0.1, 0.15) is 13.3 Å². The minimum absolute atomic E-state index is 0.288. The highest BCUT2D eigenvalue weighted by Crippen LogP contribution is 2.24. The first-order valence-corrected chi connectivity index (χ1v) is 3.83. The molecule has 44 valence electrons. The number of rotatable bonds is 0. The van der Waals surface area contributed by atoms with Crippen LogP contribution < -0.4 is 0 Å². The summed E-state index contributed by atoms with van der Waals surface area (Å²) in [6, 6.07) is 0. The molecule has 0 saturated heterocycles. The Morgan fingerprint density at radius 2 is 1.88 bits per heavy atom. The highest BCUT2D eigenvalue weighted by molar-refractivity contribution is 14.1. The maximum atomic E-state index is 2.42. The van der Waals surface area contributed by atoms with Crippen LogP contribution in [0.5, 0.6) is 0 Å². The summed E-state index contributed by atoms with van der Waals surface area (Å²) < 4.78 is 0.288. The third kappa shape index (κ3) is 1.62. The lowest BCUT2D eigenvalue weighted by Crippen LogP contribution is -2.07. The van der Waals surface area contributed by atoms with Gasteiger partial charge in [-0.05, 0) is 13.3 Å². The molecule has 0 N–H and O–H groups in total. The summed E-state index contributed by atoms with van der Waals surface area (Å²) in [7, 11) is 0. The summed E-state index contributed by atoms with van der Waals surface area (Å²) in [5.41, 5.74) is 0. The van der Waals surface area contributed by atoms with Crippen LogP contribution in [0, 0.1) is 0 Å². The fraction of sp³-hybridized carbons (Fsp3) is 0.429. The molecule has 0 unspecified atom stereocenters. The summed E-state index contributed by atoms with van der Waals surface area (Å²) in [6.45, 7) is 2.19. The second-order valence-corrected chi connectivity index (χ2v) is 4.52. The van der Waals surface area contributed by atoms with Crippen molar-refractivity contribution in [2.75, 3.05) is 0 Å². The van der Waals surface area contributed by atoms with Crippen LogP contribution in [-0.4, -0.2) is 3.42 Å². The molecule has 0 saturated carbocycles. The van der Waals surface area contributed by atoms with Gasteiger partial charge >= 0.3 is 0 Å². The molecule has 0 spiro atoms. The van der Waals surface area contributed by atoms with Gasteiger partial charge in [-0.3, -0.25) is 0 Å². The molecular formula is C7H9I. The molecule has 0 radical (unpaired) electrons. The third-order valence-corrected chi connectivity index (χ3v) is 1.88. The van der Waals surface area contributed by atoms with Gasteiger partial charge < -0.3 is 0 Å². The van der Waals surface area contributed by atoms with Crippen LogP contribution in [-0.2, 0) is 0 Å². The average molecular weight is 220 g/mol. The van der Waals surface area contributed by atoms with Crippen LogP contribution in [0.15, 0.2) is 24.3 Å². The molecule has 0 aliphatic heterocycles. The number of alkyl halides is 1. The van der Waals surface area contributed by atoms with E-state index in [0.717, 1.165) is 6.42 Å². The number of halogens is 1. The summed E-state index contributed by atoms with van der Waals surface area (Å²) in [5.74, 6) is 0. The first kappa shape index (κ1) is 6.33. The summed E-state index contributed by atoms with van der Waals surface area (Å²) in [4.78, 5) is 0. The van der Waals surface area contributed by atoms with E-state index >= 15 is 0 Å². The van der Waals surface area contributed by atoms with E-state index in [0.29, 0.717) is 0 Å². The molecule has 0 aromatic heterocycles. The second-order valence-electron chi connectivity index (χ2n) is 2.19. The monoisotopic (exact) mass is 220 g/mol. The Hall–Kier alpha value is 0.210. The fourth-order valence-corrected chi connectivity index (χ4v) is 1.24. The van der Waals surface area contributed by atoms with Crippen molar-refractivity contribution in [1.29, 1.82) is 0 Å². The van der Waals surface area contributed by atoms with Gasteiger partial charge in [0, 0.05) is 0 Å². The summed E-state index contributed by atoms with van der Waals surface area (Å²) >= 11 is 2.42. The van der Waals surface area contributed by atoms with Crippen molar-refractivity contribution in [1.82, 2.24) is 0 Å². The predicted molar refractivity (Wildman–Crippen MR) is 45.3 cm³/mol. The highest BCUT2D eigenvalue weighted by atomic mass is 127. The summed E-state index contributed by atoms with van der Waals surface area (Å²) in [5, 5.41) is 0. The van der Waals surface area contributed by atoms with Gasteiger partial charge in [-0.25, -0.2) is 0 Å². The van der Waals surface area contributed by atoms with Crippen LogP contribution in [0.25, 0.3) is 0 Å². The number of hydrogen-bond donors (Lipinski definition) is 0. The lowest BCUT2D eigenvalue weighted by Gasteiger charge is -2.14. The predicted octanol–water partition coefficient (Wildman–Crippen LogP) is 2.70. The molecule has 0 aromatic carbocycles. The van der Waals surface area contributed by atoms with Crippen LogP contribution in [0.2, 0.25) is 0 Å². The van der Waals surface area contributed by atoms with Gasteiger partial charge in [0.25, 0.3) is 0 Å². The van der Waals surface area contributed by atoms with Crippen LogP contribution >= 0.6 is 22.6 Å². The Labute approximate surface area is 63.8 Å². The van der Waals surface area contributed by atoms with Gasteiger partial charge in [0.15, 0.2) is 0 Å². The lowest BCUT2D eigenvalue weighted by atomic mass is 10.1. The Bertz CT molecular complexity index is 117. The Balaban J connectivity index is 2.69. The van der Waals surface area contributed by atoms with Crippen molar-refractivity contribution in [3.05, 3.63) is 24.3 Å². The third-order valence-electron chi connectivity index (χ3n) is 1.16. The quantitative estimate of drug-likeness (QED) is 0.334. The van der Waals surface area contributed by atoms with Gasteiger partial charge in [0.05, 0.1) is 3.42 Å². The van der Waals surface area contributed by atoms with Gasteiger partial charge in [-0.1, -0.05) is 46.9 Å². The maximum absolute atomic E-state index is 2.42. The van der Waals surface area contributed by atoms with E-state index in [9.17, 15) is 0 Å². The van der Waals surface area contributed by atoms with Crippen molar-refractivity contribution in [2.24, 2.45) is 0 Å². The minimum atomic E-state index is 0.288. The van der Waals surface area contributed by atoms with E-state index in [1.807, 2.05) is 0 Å². The van der Waals surface area contributed by atoms with Crippen LogP contribution in [0.4, 0.5) is 0 Å². The van der Waals surface area contributed by atoms with Crippen molar-refractivity contribution >= 4 is 22.6 Å². The largest absolute Gasteiger partial charge is 0.0831 e. The molecular weight excluding hydrogens is 211 g/mol. The van der Waals surface area contributed by atoms with Gasteiger partial charge in [0.1, 0.15) is 0 Å². The fourth-order valence-electron chi connectivity index (χ4n) is 0.731. The van der Waals surface area contributed by atoms with Crippen molar-refractivity contribution < 1.29 is 0 Å². The molecule has 1 heteroatoms. The normalized spacial score (nSPS) is 23.8.